The lowest BCUT2D eigenvalue weighted by molar-refractivity contribution is -0.117. The van der Waals surface area contributed by atoms with Crippen molar-refractivity contribution in [1.29, 1.82) is 0 Å². The Kier molecular flexibility index (Phi) is 7.41. The standard InChI is InChI=1S/C20H27N3O2/c1-3-11-22(12-4-2)16-19(24)21-18-10-8-9-17(15-18)20(25)23-13-6-5-7-14-23/h3-4,8-10,15H,1-2,5-7,11-14,16H2,(H,21,24). The molecule has 0 spiro atoms. The Balaban J connectivity index is 1.97. The van der Waals surface area contributed by atoms with Crippen LogP contribution in [-0.2, 0) is 4.79 Å². The van der Waals surface area contributed by atoms with Gasteiger partial charge in [-0.25, -0.2) is 0 Å². The first-order valence-corrected chi connectivity index (χ1v) is 8.77. The van der Waals surface area contributed by atoms with Crippen LogP contribution in [0.4, 0.5) is 5.69 Å². The molecule has 0 aliphatic carbocycles. The fourth-order valence-electron chi connectivity index (χ4n) is 2.98. The molecule has 1 aliphatic heterocycles. The number of nitrogens with one attached hydrogen (secondary N) is 1. The molecule has 1 aromatic rings. The number of benzene rings is 1. The molecular weight excluding hydrogens is 314 g/mol. The molecule has 25 heavy (non-hydrogen) atoms. The van der Waals surface area contributed by atoms with Gasteiger partial charge in [0.15, 0.2) is 0 Å². The highest BCUT2D eigenvalue weighted by molar-refractivity contribution is 5.97. The molecule has 0 bridgehead atoms. The molecular formula is C20H27N3O2. The highest BCUT2D eigenvalue weighted by Gasteiger charge is 2.18. The number of anilines is 1. The Labute approximate surface area is 150 Å². The zero-order chi connectivity index (χ0) is 18.1. The Morgan fingerprint density at radius 1 is 1.12 bits per heavy atom. The molecule has 5 heteroatoms. The average Bonchev–Trinajstić information content (AvgIpc) is 2.62. The number of amides is 2. The van der Waals surface area contributed by atoms with Crippen LogP contribution >= 0.6 is 0 Å². The summed E-state index contributed by atoms with van der Waals surface area (Å²) in [6, 6.07) is 7.16. The molecule has 1 saturated heterocycles. The van der Waals surface area contributed by atoms with Crippen LogP contribution in [0.5, 0.6) is 0 Å². The Morgan fingerprint density at radius 2 is 1.80 bits per heavy atom. The quantitative estimate of drug-likeness (QED) is 0.740. The van der Waals surface area contributed by atoms with Gasteiger partial charge in [-0.2, -0.15) is 0 Å². The molecule has 1 aromatic carbocycles. The molecule has 0 unspecified atom stereocenters. The first-order chi connectivity index (χ1) is 12.1. The largest absolute Gasteiger partial charge is 0.339 e. The van der Waals surface area contributed by atoms with Crippen LogP contribution < -0.4 is 5.32 Å². The van der Waals surface area contributed by atoms with Crippen molar-refractivity contribution >= 4 is 17.5 Å². The number of piperidine rings is 1. The van der Waals surface area contributed by atoms with Gasteiger partial charge in [0, 0.05) is 37.4 Å². The van der Waals surface area contributed by atoms with E-state index >= 15 is 0 Å². The number of carbonyl (C=O) groups excluding carboxylic acids is 2. The average molecular weight is 341 g/mol. The summed E-state index contributed by atoms with van der Waals surface area (Å²) in [5, 5.41) is 2.87. The molecule has 2 amide bonds. The fourth-order valence-corrected chi connectivity index (χ4v) is 2.98. The van der Waals surface area contributed by atoms with Crippen LogP contribution in [0.15, 0.2) is 49.6 Å². The second-order valence-electron chi connectivity index (χ2n) is 6.25. The van der Waals surface area contributed by atoms with E-state index < -0.39 is 0 Å². The number of hydrogen-bond acceptors (Lipinski definition) is 3. The molecule has 1 N–H and O–H groups in total. The third kappa shape index (κ3) is 5.87. The van der Waals surface area contributed by atoms with Gasteiger partial charge in [-0.3, -0.25) is 14.5 Å². The second-order valence-corrected chi connectivity index (χ2v) is 6.25. The van der Waals surface area contributed by atoms with Crippen molar-refractivity contribution in [1.82, 2.24) is 9.80 Å². The van der Waals surface area contributed by atoms with Crippen LogP contribution in [0.25, 0.3) is 0 Å². The van der Waals surface area contributed by atoms with Crippen LogP contribution in [0, 0.1) is 0 Å². The van der Waals surface area contributed by atoms with Crippen molar-refractivity contribution < 1.29 is 9.59 Å². The molecule has 0 aromatic heterocycles. The lowest BCUT2D eigenvalue weighted by atomic mass is 10.1. The zero-order valence-corrected chi connectivity index (χ0v) is 14.7. The minimum atomic E-state index is -0.119. The first-order valence-electron chi connectivity index (χ1n) is 8.77. The van der Waals surface area contributed by atoms with Gasteiger partial charge in [-0.1, -0.05) is 18.2 Å². The smallest absolute Gasteiger partial charge is 0.253 e. The third-order valence-corrected chi connectivity index (χ3v) is 4.18. The molecule has 0 saturated carbocycles. The van der Waals surface area contributed by atoms with Gasteiger partial charge >= 0.3 is 0 Å². The Morgan fingerprint density at radius 3 is 2.44 bits per heavy atom. The Hall–Kier alpha value is -2.40. The number of nitrogens with zero attached hydrogens (tertiary/aromatic N) is 2. The maximum absolute atomic E-state index is 12.6. The van der Waals surface area contributed by atoms with E-state index in [4.69, 9.17) is 0 Å². The minimum Gasteiger partial charge on any atom is -0.339 e. The normalized spacial score (nSPS) is 14.2. The minimum absolute atomic E-state index is 0.0377. The summed E-state index contributed by atoms with van der Waals surface area (Å²) in [4.78, 5) is 28.6. The fraction of sp³-hybridized carbons (Fsp3) is 0.400. The van der Waals surface area contributed by atoms with Crippen molar-refractivity contribution in [2.45, 2.75) is 19.3 Å². The molecule has 1 fully saturated rings. The summed E-state index contributed by atoms with van der Waals surface area (Å²) in [7, 11) is 0. The summed E-state index contributed by atoms with van der Waals surface area (Å²) in [5.41, 5.74) is 1.26. The zero-order valence-electron chi connectivity index (χ0n) is 14.7. The molecule has 2 rings (SSSR count). The summed E-state index contributed by atoms with van der Waals surface area (Å²) in [5.74, 6) is -0.0815. The number of likely N-dealkylation sites (tertiary alicyclic amines) is 1. The van der Waals surface area contributed by atoms with E-state index in [0.29, 0.717) is 24.3 Å². The molecule has 5 nitrogen and oxygen atoms in total. The van der Waals surface area contributed by atoms with Gasteiger partial charge in [-0.05, 0) is 37.5 Å². The highest BCUT2D eigenvalue weighted by atomic mass is 16.2. The van der Waals surface area contributed by atoms with Gasteiger partial charge in [0.25, 0.3) is 5.91 Å². The van der Waals surface area contributed by atoms with E-state index in [2.05, 4.69) is 18.5 Å². The van der Waals surface area contributed by atoms with Crippen molar-refractivity contribution in [3.8, 4) is 0 Å². The second kappa shape index (κ2) is 9.79. The Bertz CT molecular complexity index is 611. The highest BCUT2D eigenvalue weighted by Crippen LogP contribution is 2.16. The maximum Gasteiger partial charge on any atom is 0.253 e. The van der Waals surface area contributed by atoms with Gasteiger partial charge < -0.3 is 10.2 Å². The van der Waals surface area contributed by atoms with Crippen molar-refractivity contribution in [2.75, 3.05) is 38.0 Å². The van der Waals surface area contributed by atoms with Crippen LogP contribution in [-0.4, -0.2) is 54.3 Å². The molecule has 0 radical (unpaired) electrons. The van der Waals surface area contributed by atoms with Gasteiger partial charge in [0.2, 0.25) is 5.91 Å². The van der Waals surface area contributed by atoms with E-state index in [9.17, 15) is 9.59 Å². The SMILES string of the molecule is C=CCN(CC=C)CC(=O)Nc1cccc(C(=O)N2CCCCC2)c1. The number of rotatable bonds is 8. The van der Waals surface area contributed by atoms with E-state index in [-0.39, 0.29) is 18.4 Å². The van der Waals surface area contributed by atoms with E-state index in [0.717, 1.165) is 25.9 Å². The van der Waals surface area contributed by atoms with Crippen molar-refractivity contribution in [2.24, 2.45) is 0 Å². The van der Waals surface area contributed by atoms with Crippen molar-refractivity contribution in [3.05, 3.63) is 55.1 Å². The maximum atomic E-state index is 12.6. The predicted molar refractivity (Wildman–Crippen MR) is 102 cm³/mol. The predicted octanol–water partition coefficient (Wildman–Crippen LogP) is 2.93. The molecule has 134 valence electrons. The van der Waals surface area contributed by atoms with Crippen LogP contribution in [0.1, 0.15) is 29.6 Å². The van der Waals surface area contributed by atoms with E-state index in [1.807, 2.05) is 9.80 Å². The molecule has 1 heterocycles. The topological polar surface area (TPSA) is 52.7 Å². The lowest BCUT2D eigenvalue weighted by Gasteiger charge is -2.26. The lowest BCUT2D eigenvalue weighted by Crippen LogP contribution is -2.35. The summed E-state index contributed by atoms with van der Waals surface area (Å²) >= 11 is 0. The number of carbonyl (C=O) groups is 2. The van der Waals surface area contributed by atoms with E-state index in [1.54, 1.807) is 36.4 Å². The molecule has 0 atom stereocenters. The third-order valence-electron chi connectivity index (χ3n) is 4.18. The monoisotopic (exact) mass is 341 g/mol. The van der Waals surface area contributed by atoms with Gasteiger partial charge in [0.05, 0.1) is 6.54 Å². The summed E-state index contributed by atoms with van der Waals surface area (Å²) < 4.78 is 0. The van der Waals surface area contributed by atoms with Crippen LogP contribution in [0.2, 0.25) is 0 Å². The first kappa shape index (κ1) is 18.9. The molecule has 1 aliphatic rings. The van der Waals surface area contributed by atoms with Gasteiger partial charge in [-0.15, -0.1) is 13.2 Å². The summed E-state index contributed by atoms with van der Waals surface area (Å²) in [6.45, 7) is 10.5. The van der Waals surface area contributed by atoms with E-state index in [1.165, 1.54) is 6.42 Å². The van der Waals surface area contributed by atoms with Crippen molar-refractivity contribution in [3.63, 3.8) is 0 Å². The summed E-state index contributed by atoms with van der Waals surface area (Å²) in [6.07, 6.45) is 6.82. The van der Waals surface area contributed by atoms with Gasteiger partial charge in [0.1, 0.15) is 0 Å². The number of hydrogen-bond donors (Lipinski definition) is 1. The van der Waals surface area contributed by atoms with Crippen LogP contribution in [0.3, 0.4) is 0 Å².